The van der Waals surface area contributed by atoms with Crippen LogP contribution in [0, 0.1) is 0 Å². The van der Waals surface area contributed by atoms with Crippen molar-refractivity contribution in [1.29, 1.82) is 0 Å². The first-order valence-corrected chi connectivity index (χ1v) is 6.07. The van der Waals surface area contributed by atoms with Crippen LogP contribution in [0.4, 0.5) is 0 Å². The third-order valence-electron chi connectivity index (χ3n) is 2.44. The van der Waals surface area contributed by atoms with Gasteiger partial charge in [-0.25, -0.2) is 0 Å². The Balaban J connectivity index is 2.16. The van der Waals surface area contributed by atoms with Gasteiger partial charge in [0.2, 0.25) is 0 Å². The van der Waals surface area contributed by atoms with Gasteiger partial charge in [0, 0.05) is 15.6 Å². The van der Waals surface area contributed by atoms with Gasteiger partial charge in [0.1, 0.15) is 12.4 Å². The lowest BCUT2D eigenvalue weighted by Crippen LogP contribution is -1.98. The molecule has 4 heteroatoms. The van der Waals surface area contributed by atoms with Crippen LogP contribution in [0.5, 0.6) is 5.75 Å². The second kappa shape index (κ2) is 5.89. The highest BCUT2D eigenvalue weighted by Gasteiger charge is 2.05. The van der Waals surface area contributed by atoms with Crippen molar-refractivity contribution in [3.05, 3.63) is 63.6 Å². The van der Waals surface area contributed by atoms with E-state index in [4.69, 9.17) is 27.9 Å². The van der Waals surface area contributed by atoms with Gasteiger partial charge in [0.05, 0.1) is 5.56 Å². The van der Waals surface area contributed by atoms with Gasteiger partial charge in [-0.1, -0.05) is 35.3 Å². The number of carbonyl (C=O) groups is 1. The van der Waals surface area contributed by atoms with Gasteiger partial charge >= 0.3 is 0 Å². The summed E-state index contributed by atoms with van der Waals surface area (Å²) in [5.41, 5.74) is 1.29. The average molecular weight is 281 g/mol. The van der Waals surface area contributed by atoms with E-state index in [1.54, 1.807) is 36.4 Å². The highest BCUT2D eigenvalue weighted by molar-refractivity contribution is 6.33. The Kier molecular flexibility index (Phi) is 4.24. The molecule has 0 fully saturated rings. The van der Waals surface area contributed by atoms with Crippen molar-refractivity contribution in [2.45, 2.75) is 6.61 Å². The number of halogens is 2. The molecule has 0 aliphatic rings. The van der Waals surface area contributed by atoms with Crippen molar-refractivity contribution < 1.29 is 9.53 Å². The van der Waals surface area contributed by atoms with Crippen molar-refractivity contribution in [1.82, 2.24) is 0 Å². The molecule has 0 saturated heterocycles. The zero-order chi connectivity index (χ0) is 13.0. The molecular weight excluding hydrogens is 271 g/mol. The van der Waals surface area contributed by atoms with E-state index in [1.165, 1.54) is 0 Å². The van der Waals surface area contributed by atoms with Crippen molar-refractivity contribution >= 4 is 29.5 Å². The minimum absolute atomic E-state index is 0.268. The Bertz CT molecular complexity index is 567. The fourth-order valence-corrected chi connectivity index (χ4v) is 1.89. The third-order valence-corrected chi connectivity index (χ3v) is 3.04. The second-order valence-corrected chi connectivity index (χ2v) is 4.52. The van der Waals surface area contributed by atoms with E-state index in [0.29, 0.717) is 21.4 Å². The summed E-state index contributed by atoms with van der Waals surface area (Å²) < 4.78 is 5.58. The minimum Gasteiger partial charge on any atom is -0.488 e. The second-order valence-electron chi connectivity index (χ2n) is 3.68. The van der Waals surface area contributed by atoms with Crippen molar-refractivity contribution in [2.24, 2.45) is 0 Å². The van der Waals surface area contributed by atoms with Crippen molar-refractivity contribution in [2.75, 3.05) is 0 Å². The quantitative estimate of drug-likeness (QED) is 0.777. The molecule has 0 bridgehead atoms. The largest absolute Gasteiger partial charge is 0.488 e. The first-order valence-electron chi connectivity index (χ1n) is 5.31. The number of hydrogen-bond donors (Lipinski definition) is 0. The van der Waals surface area contributed by atoms with E-state index >= 15 is 0 Å². The normalized spacial score (nSPS) is 10.1. The maximum atomic E-state index is 10.8. The van der Waals surface area contributed by atoms with Crippen LogP contribution >= 0.6 is 23.2 Å². The molecule has 0 radical (unpaired) electrons. The summed E-state index contributed by atoms with van der Waals surface area (Å²) in [6, 6.07) is 12.2. The van der Waals surface area contributed by atoms with Gasteiger partial charge in [-0.15, -0.1) is 0 Å². The fourth-order valence-electron chi connectivity index (χ4n) is 1.52. The van der Waals surface area contributed by atoms with Crippen LogP contribution in [-0.4, -0.2) is 6.29 Å². The first kappa shape index (κ1) is 12.9. The monoisotopic (exact) mass is 280 g/mol. The van der Waals surface area contributed by atoms with E-state index in [2.05, 4.69) is 0 Å². The molecule has 0 heterocycles. The number of ether oxygens (including phenoxy) is 1. The number of rotatable bonds is 4. The molecule has 2 rings (SSSR count). The molecule has 0 unspecified atom stereocenters. The lowest BCUT2D eigenvalue weighted by molar-refractivity contribution is 0.111. The molecule has 18 heavy (non-hydrogen) atoms. The number of para-hydroxylation sites is 1. The van der Waals surface area contributed by atoms with Crippen LogP contribution in [0.25, 0.3) is 0 Å². The number of aldehydes is 1. The molecule has 0 aliphatic carbocycles. The smallest absolute Gasteiger partial charge is 0.153 e. The minimum atomic E-state index is 0.268. The number of carbonyl (C=O) groups excluding carboxylic acids is 1. The van der Waals surface area contributed by atoms with Gasteiger partial charge in [-0.2, -0.15) is 0 Å². The van der Waals surface area contributed by atoms with Crippen LogP contribution in [0.2, 0.25) is 10.0 Å². The highest BCUT2D eigenvalue weighted by Crippen LogP contribution is 2.23. The first-order chi connectivity index (χ1) is 8.70. The molecule has 0 spiro atoms. The van der Waals surface area contributed by atoms with Gasteiger partial charge in [-0.05, 0) is 30.3 Å². The van der Waals surface area contributed by atoms with Crippen LogP contribution in [0.15, 0.2) is 42.5 Å². The Hall–Kier alpha value is -1.51. The summed E-state index contributed by atoms with van der Waals surface area (Å²) >= 11 is 11.9. The van der Waals surface area contributed by atoms with Crippen LogP contribution in [-0.2, 0) is 6.61 Å². The standard InChI is InChI=1S/C14H10Cl2O2/c15-12-5-6-13(16)11(7-12)9-18-14-4-2-1-3-10(14)8-17/h1-8H,9H2. The topological polar surface area (TPSA) is 26.3 Å². The highest BCUT2D eigenvalue weighted by atomic mass is 35.5. The van der Waals surface area contributed by atoms with Crippen molar-refractivity contribution in [3.63, 3.8) is 0 Å². The molecule has 0 amide bonds. The van der Waals surface area contributed by atoms with Gasteiger partial charge in [0.25, 0.3) is 0 Å². The predicted molar refractivity (Wildman–Crippen MR) is 72.6 cm³/mol. The maximum Gasteiger partial charge on any atom is 0.153 e. The number of hydrogen-bond acceptors (Lipinski definition) is 2. The zero-order valence-electron chi connectivity index (χ0n) is 9.40. The summed E-state index contributed by atoms with van der Waals surface area (Å²) in [5, 5.41) is 1.18. The van der Waals surface area contributed by atoms with Crippen LogP contribution in [0.3, 0.4) is 0 Å². The number of benzene rings is 2. The Labute approximate surface area is 115 Å². The predicted octanol–water partition coefficient (Wildman–Crippen LogP) is 4.38. The summed E-state index contributed by atoms with van der Waals surface area (Å²) in [5.74, 6) is 0.531. The molecule has 2 nitrogen and oxygen atoms in total. The van der Waals surface area contributed by atoms with E-state index in [0.717, 1.165) is 11.8 Å². The molecule has 0 saturated carbocycles. The molecule has 0 aromatic heterocycles. The lowest BCUT2D eigenvalue weighted by Gasteiger charge is -2.09. The molecule has 0 aliphatic heterocycles. The maximum absolute atomic E-state index is 10.8. The van der Waals surface area contributed by atoms with E-state index in [-0.39, 0.29) is 6.61 Å². The summed E-state index contributed by atoms with van der Waals surface area (Å²) in [6.07, 6.45) is 0.759. The molecule has 0 N–H and O–H groups in total. The lowest BCUT2D eigenvalue weighted by atomic mass is 10.2. The van der Waals surface area contributed by atoms with Gasteiger partial charge in [0.15, 0.2) is 6.29 Å². The Morgan fingerprint density at radius 1 is 1.11 bits per heavy atom. The van der Waals surface area contributed by atoms with Crippen LogP contribution in [0.1, 0.15) is 15.9 Å². The van der Waals surface area contributed by atoms with Gasteiger partial charge < -0.3 is 4.74 Å². The van der Waals surface area contributed by atoms with E-state index < -0.39 is 0 Å². The van der Waals surface area contributed by atoms with E-state index in [1.807, 2.05) is 6.07 Å². The molecule has 2 aromatic carbocycles. The molecule has 0 atom stereocenters. The van der Waals surface area contributed by atoms with Crippen LogP contribution < -0.4 is 4.74 Å². The van der Waals surface area contributed by atoms with E-state index in [9.17, 15) is 4.79 Å². The Morgan fingerprint density at radius 3 is 2.67 bits per heavy atom. The molecule has 2 aromatic rings. The van der Waals surface area contributed by atoms with Gasteiger partial charge in [-0.3, -0.25) is 4.79 Å². The summed E-state index contributed by atoms with van der Waals surface area (Å²) in [6.45, 7) is 0.268. The zero-order valence-corrected chi connectivity index (χ0v) is 10.9. The van der Waals surface area contributed by atoms with Crippen molar-refractivity contribution in [3.8, 4) is 5.75 Å². The fraction of sp³-hybridized carbons (Fsp3) is 0.0714. The molecule has 92 valence electrons. The summed E-state index contributed by atoms with van der Waals surface area (Å²) in [7, 11) is 0. The SMILES string of the molecule is O=Cc1ccccc1OCc1cc(Cl)ccc1Cl. The molecular formula is C14H10Cl2O2. The average Bonchev–Trinajstić information content (AvgIpc) is 2.40. The third kappa shape index (κ3) is 3.03. The summed E-state index contributed by atoms with van der Waals surface area (Å²) in [4.78, 5) is 10.8. The Morgan fingerprint density at radius 2 is 1.89 bits per heavy atom.